The minimum Gasteiger partial charge on any atom is -0.444 e. The summed E-state index contributed by atoms with van der Waals surface area (Å²) in [6, 6.07) is 9.90. The van der Waals surface area contributed by atoms with E-state index in [2.05, 4.69) is 9.97 Å². The molecule has 1 aliphatic rings. The molecule has 0 bridgehead atoms. The second kappa shape index (κ2) is 9.14. The molecule has 1 fully saturated rings. The van der Waals surface area contributed by atoms with Crippen molar-refractivity contribution in [1.29, 1.82) is 0 Å². The van der Waals surface area contributed by atoms with Gasteiger partial charge < -0.3 is 19.3 Å². The molecule has 11 heteroatoms. The molecule has 1 saturated heterocycles. The Morgan fingerprint density at radius 2 is 1.81 bits per heavy atom. The van der Waals surface area contributed by atoms with E-state index in [0.717, 1.165) is 5.52 Å². The molecule has 0 saturated carbocycles. The third-order valence-corrected chi connectivity index (χ3v) is 8.19. The molecule has 1 aliphatic heterocycles. The molecule has 4 aromatic rings. The van der Waals surface area contributed by atoms with Crippen molar-refractivity contribution >= 4 is 38.2 Å². The van der Waals surface area contributed by atoms with Crippen LogP contribution in [0.3, 0.4) is 0 Å². The number of pyridine rings is 1. The van der Waals surface area contributed by atoms with Crippen molar-refractivity contribution in [3.8, 4) is 0 Å². The molecule has 0 aliphatic carbocycles. The van der Waals surface area contributed by atoms with Crippen molar-refractivity contribution in [3.05, 3.63) is 54.6 Å². The van der Waals surface area contributed by atoms with E-state index in [-0.39, 0.29) is 17.0 Å². The average molecular weight is 526 g/mol. The quantitative estimate of drug-likeness (QED) is 0.423. The van der Waals surface area contributed by atoms with Gasteiger partial charge in [0.05, 0.1) is 16.6 Å². The van der Waals surface area contributed by atoms with E-state index in [1.807, 2.05) is 25.3 Å². The molecule has 1 aromatic carbocycles. The van der Waals surface area contributed by atoms with Crippen molar-refractivity contribution in [3.63, 3.8) is 0 Å². The first-order valence-corrected chi connectivity index (χ1v) is 13.8. The van der Waals surface area contributed by atoms with Crippen molar-refractivity contribution in [2.24, 2.45) is 0 Å². The predicted molar refractivity (Wildman–Crippen MR) is 139 cm³/mol. The molecule has 4 heterocycles. The monoisotopic (exact) mass is 525 g/mol. The van der Waals surface area contributed by atoms with E-state index in [4.69, 9.17) is 4.74 Å². The molecule has 1 atom stereocenters. The number of amides is 1. The standard InChI is InChI=1S/C26H31N5O5S/c1-17(32)23-28-21-16-27-24-20(12-15-30(24)37(34,35)19-8-6-5-7-9-19)22(21)31(23)18-10-13-29(14-11-18)25(33)36-26(2,3)4/h5-9,12,15-18,32H,10-11,13-14H2,1-4H3/t17-/m1/s1. The molecular formula is C26H31N5O5S. The van der Waals surface area contributed by atoms with Crippen LogP contribution < -0.4 is 0 Å². The number of hydrogen-bond acceptors (Lipinski definition) is 7. The Bertz CT molecular complexity index is 1560. The van der Waals surface area contributed by atoms with Crippen LogP contribution in [0.25, 0.3) is 22.1 Å². The SMILES string of the molecule is C[C@@H](O)c1nc2cnc3c(ccn3S(=O)(=O)c3ccccc3)c2n1C1CCN(C(=O)OC(C)(C)C)CC1. The number of likely N-dealkylation sites (tertiary alicyclic amines) is 1. The minimum absolute atomic E-state index is 0.0482. The molecule has 3 aromatic heterocycles. The van der Waals surface area contributed by atoms with Gasteiger partial charge in [-0.25, -0.2) is 27.2 Å². The van der Waals surface area contributed by atoms with Gasteiger partial charge in [-0.1, -0.05) is 18.2 Å². The normalized spacial score (nSPS) is 16.4. The summed E-state index contributed by atoms with van der Waals surface area (Å²) in [6.07, 6.45) is 3.14. The molecule has 10 nitrogen and oxygen atoms in total. The van der Waals surface area contributed by atoms with Gasteiger partial charge in [0.2, 0.25) is 0 Å². The van der Waals surface area contributed by atoms with Crippen LogP contribution in [0.15, 0.2) is 53.7 Å². The Morgan fingerprint density at radius 1 is 1.14 bits per heavy atom. The number of carbonyl (C=O) groups excluding carboxylic acids is 1. The van der Waals surface area contributed by atoms with Crippen molar-refractivity contribution < 1.29 is 23.1 Å². The summed E-state index contributed by atoms with van der Waals surface area (Å²) >= 11 is 0. The number of benzene rings is 1. The van der Waals surface area contributed by atoms with Crippen molar-refractivity contribution in [2.75, 3.05) is 13.1 Å². The zero-order valence-electron chi connectivity index (χ0n) is 21.3. The number of carbonyl (C=O) groups is 1. The minimum atomic E-state index is -3.85. The maximum atomic E-state index is 13.4. The number of aromatic nitrogens is 4. The lowest BCUT2D eigenvalue weighted by atomic mass is 10.0. The Morgan fingerprint density at radius 3 is 2.43 bits per heavy atom. The van der Waals surface area contributed by atoms with Crippen LogP contribution in [0.1, 0.15) is 58.5 Å². The van der Waals surface area contributed by atoms with Crippen LogP contribution in [0, 0.1) is 0 Å². The number of rotatable bonds is 4. The fraction of sp³-hybridized carbons (Fsp3) is 0.423. The highest BCUT2D eigenvalue weighted by atomic mass is 32.2. The van der Waals surface area contributed by atoms with Crippen LogP contribution >= 0.6 is 0 Å². The number of piperidine rings is 1. The first kappa shape index (κ1) is 25.2. The van der Waals surface area contributed by atoms with Crippen LogP contribution in [-0.4, -0.2) is 61.7 Å². The highest BCUT2D eigenvalue weighted by molar-refractivity contribution is 7.90. The van der Waals surface area contributed by atoms with Crippen LogP contribution in [0.4, 0.5) is 4.79 Å². The van der Waals surface area contributed by atoms with Gasteiger partial charge in [-0.05, 0) is 58.7 Å². The van der Waals surface area contributed by atoms with Crippen molar-refractivity contribution in [2.45, 2.75) is 63.2 Å². The Balaban J connectivity index is 1.56. The maximum absolute atomic E-state index is 13.4. The van der Waals surface area contributed by atoms with Gasteiger partial charge in [0.25, 0.3) is 10.0 Å². The third kappa shape index (κ3) is 4.57. The number of fused-ring (bicyclic) bond motifs is 3. The zero-order valence-corrected chi connectivity index (χ0v) is 22.1. The predicted octanol–water partition coefficient (Wildman–Crippen LogP) is 4.25. The molecule has 37 heavy (non-hydrogen) atoms. The van der Waals surface area contributed by atoms with Gasteiger partial charge in [-0.3, -0.25) is 0 Å². The fourth-order valence-electron chi connectivity index (χ4n) is 4.86. The van der Waals surface area contributed by atoms with E-state index in [1.54, 1.807) is 54.4 Å². The maximum Gasteiger partial charge on any atom is 0.410 e. The van der Waals surface area contributed by atoms with Gasteiger partial charge in [-0.15, -0.1) is 0 Å². The number of imidazole rings is 1. The van der Waals surface area contributed by atoms with Gasteiger partial charge >= 0.3 is 6.09 Å². The Kier molecular flexibility index (Phi) is 6.23. The summed E-state index contributed by atoms with van der Waals surface area (Å²) in [5.74, 6) is 0.485. The topological polar surface area (TPSA) is 120 Å². The highest BCUT2D eigenvalue weighted by Crippen LogP contribution is 2.35. The molecule has 196 valence electrons. The molecular weight excluding hydrogens is 494 g/mol. The summed E-state index contributed by atoms with van der Waals surface area (Å²) < 4.78 is 35.4. The zero-order chi connectivity index (χ0) is 26.5. The lowest BCUT2D eigenvalue weighted by molar-refractivity contribution is 0.0186. The summed E-state index contributed by atoms with van der Waals surface area (Å²) in [6.45, 7) is 8.17. The summed E-state index contributed by atoms with van der Waals surface area (Å²) in [5.41, 5.74) is 1.02. The number of aliphatic hydroxyl groups is 1. The van der Waals surface area contributed by atoms with E-state index in [0.29, 0.717) is 48.3 Å². The third-order valence-electron chi connectivity index (χ3n) is 6.51. The fourth-order valence-corrected chi connectivity index (χ4v) is 6.19. The summed E-state index contributed by atoms with van der Waals surface area (Å²) in [4.78, 5) is 23.5. The Labute approximate surface area is 215 Å². The van der Waals surface area contributed by atoms with E-state index in [1.165, 1.54) is 10.2 Å². The molecule has 0 unspecified atom stereocenters. The first-order chi connectivity index (χ1) is 17.5. The molecule has 0 spiro atoms. The Hall–Kier alpha value is -3.44. The lowest BCUT2D eigenvalue weighted by Gasteiger charge is -2.35. The number of hydrogen-bond donors (Lipinski definition) is 1. The average Bonchev–Trinajstić information content (AvgIpc) is 3.46. The van der Waals surface area contributed by atoms with Crippen molar-refractivity contribution in [1.82, 2.24) is 23.4 Å². The number of ether oxygens (including phenoxy) is 1. The summed E-state index contributed by atoms with van der Waals surface area (Å²) in [7, 11) is -3.85. The molecule has 1 amide bonds. The number of aliphatic hydroxyl groups excluding tert-OH is 1. The molecule has 1 N–H and O–H groups in total. The first-order valence-electron chi connectivity index (χ1n) is 12.3. The molecule has 5 rings (SSSR count). The van der Waals surface area contributed by atoms with E-state index >= 15 is 0 Å². The van der Waals surface area contributed by atoms with Gasteiger partial charge in [0, 0.05) is 30.7 Å². The van der Waals surface area contributed by atoms with Gasteiger partial charge in [0.1, 0.15) is 23.0 Å². The highest BCUT2D eigenvalue weighted by Gasteiger charge is 2.31. The van der Waals surface area contributed by atoms with Gasteiger partial charge in [-0.2, -0.15) is 0 Å². The van der Waals surface area contributed by atoms with Crippen LogP contribution in [0.2, 0.25) is 0 Å². The molecule has 0 radical (unpaired) electrons. The van der Waals surface area contributed by atoms with E-state index in [9.17, 15) is 18.3 Å². The largest absolute Gasteiger partial charge is 0.444 e. The summed E-state index contributed by atoms with van der Waals surface area (Å²) in [5, 5.41) is 11.2. The second-order valence-electron chi connectivity index (χ2n) is 10.4. The van der Waals surface area contributed by atoms with E-state index < -0.39 is 21.7 Å². The number of nitrogens with zero attached hydrogens (tertiary/aromatic N) is 5. The van der Waals surface area contributed by atoms with Gasteiger partial charge in [0.15, 0.2) is 5.65 Å². The second-order valence-corrected chi connectivity index (χ2v) is 12.2. The lowest BCUT2D eigenvalue weighted by Crippen LogP contribution is -2.42. The smallest absolute Gasteiger partial charge is 0.410 e. The van der Waals surface area contributed by atoms with Crippen LogP contribution in [-0.2, 0) is 14.8 Å². The van der Waals surface area contributed by atoms with Crippen LogP contribution in [0.5, 0.6) is 0 Å².